The SMILES string of the molecule is CN1C(=O)[C@]2(OC2c2ccccc2)c2cc(F)ccc21. The van der Waals surface area contributed by atoms with Crippen molar-refractivity contribution in [1.29, 1.82) is 0 Å². The van der Waals surface area contributed by atoms with Crippen LogP contribution in [0, 0.1) is 5.82 Å². The van der Waals surface area contributed by atoms with Gasteiger partial charge in [-0.1, -0.05) is 30.3 Å². The smallest absolute Gasteiger partial charge is 0.266 e. The molecule has 0 aromatic heterocycles. The maximum Gasteiger partial charge on any atom is 0.266 e. The zero-order valence-electron chi connectivity index (χ0n) is 10.8. The van der Waals surface area contributed by atoms with E-state index in [1.165, 1.54) is 17.0 Å². The first kappa shape index (κ1) is 11.6. The molecule has 1 saturated heterocycles. The van der Waals surface area contributed by atoms with E-state index in [1.54, 1.807) is 13.1 Å². The van der Waals surface area contributed by atoms with Crippen molar-refractivity contribution in [1.82, 2.24) is 0 Å². The van der Waals surface area contributed by atoms with Crippen LogP contribution in [-0.4, -0.2) is 13.0 Å². The molecule has 2 aromatic carbocycles. The molecular formula is C16H12FNO2. The lowest BCUT2D eigenvalue weighted by molar-refractivity contribution is -0.122. The van der Waals surface area contributed by atoms with Crippen molar-refractivity contribution >= 4 is 11.6 Å². The van der Waals surface area contributed by atoms with Gasteiger partial charge in [0, 0.05) is 12.6 Å². The summed E-state index contributed by atoms with van der Waals surface area (Å²) in [5.41, 5.74) is 1.24. The lowest BCUT2D eigenvalue weighted by atomic mass is 9.93. The molecular weight excluding hydrogens is 257 g/mol. The molecule has 3 nitrogen and oxygen atoms in total. The highest BCUT2D eigenvalue weighted by Crippen LogP contribution is 2.63. The average molecular weight is 269 g/mol. The molecule has 1 unspecified atom stereocenters. The normalized spacial score (nSPS) is 27.0. The molecule has 4 heteroatoms. The van der Waals surface area contributed by atoms with Gasteiger partial charge in [-0.3, -0.25) is 4.79 Å². The third-order valence-electron chi connectivity index (χ3n) is 4.06. The fourth-order valence-corrected chi connectivity index (χ4v) is 3.02. The second kappa shape index (κ2) is 3.67. The zero-order chi connectivity index (χ0) is 13.9. The largest absolute Gasteiger partial charge is 0.345 e. The van der Waals surface area contributed by atoms with Crippen LogP contribution in [0.4, 0.5) is 10.1 Å². The minimum Gasteiger partial charge on any atom is -0.345 e. The van der Waals surface area contributed by atoms with Crippen molar-refractivity contribution in [3.63, 3.8) is 0 Å². The zero-order valence-corrected chi connectivity index (χ0v) is 10.8. The maximum atomic E-state index is 13.5. The van der Waals surface area contributed by atoms with Crippen LogP contribution in [0.15, 0.2) is 48.5 Å². The van der Waals surface area contributed by atoms with E-state index in [1.807, 2.05) is 30.3 Å². The summed E-state index contributed by atoms with van der Waals surface area (Å²) in [6, 6.07) is 14.0. The summed E-state index contributed by atoms with van der Waals surface area (Å²) in [7, 11) is 1.69. The van der Waals surface area contributed by atoms with Gasteiger partial charge in [0.2, 0.25) is 5.60 Å². The molecule has 0 N–H and O–H groups in total. The summed E-state index contributed by atoms with van der Waals surface area (Å²) in [4.78, 5) is 14.1. The molecule has 4 rings (SSSR count). The van der Waals surface area contributed by atoms with Gasteiger partial charge in [-0.05, 0) is 23.8 Å². The standard InChI is InChI=1S/C16H12FNO2/c1-18-13-8-7-11(17)9-12(13)16(15(18)19)14(20-16)10-5-3-2-4-6-10/h2-9,14H,1H3/t14?,16-/m0/s1. The van der Waals surface area contributed by atoms with E-state index >= 15 is 0 Å². The van der Waals surface area contributed by atoms with Gasteiger partial charge < -0.3 is 9.64 Å². The van der Waals surface area contributed by atoms with Crippen LogP contribution < -0.4 is 4.90 Å². The van der Waals surface area contributed by atoms with E-state index in [2.05, 4.69) is 0 Å². The minimum atomic E-state index is -1.03. The number of epoxide rings is 1. The molecule has 1 amide bonds. The summed E-state index contributed by atoms with van der Waals surface area (Å²) >= 11 is 0. The molecule has 2 aliphatic heterocycles. The summed E-state index contributed by atoms with van der Waals surface area (Å²) in [5.74, 6) is -0.486. The molecule has 0 aliphatic carbocycles. The van der Waals surface area contributed by atoms with Crippen molar-refractivity contribution in [2.75, 3.05) is 11.9 Å². The van der Waals surface area contributed by atoms with Gasteiger partial charge in [-0.15, -0.1) is 0 Å². The van der Waals surface area contributed by atoms with Crippen LogP contribution in [0.5, 0.6) is 0 Å². The van der Waals surface area contributed by atoms with Crippen LogP contribution in [-0.2, 0) is 15.1 Å². The Morgan fingerprint density at radius 1 is 1.20 bits per heavy atom. The third-order valence-corrected chi connectivity index (χ3v) is 4.06. The molecule has 1 spiro atoms. The number of halogens is 1. The lowest BCUT2D eigenvalue weighted by Crippen LogP contribution is -2.29. The summed E-state index contributed by atoms with van der Waals surface area (Å²) < 4.78 is 19.3. The Kier molecular flexibility index (Phi) is 2.13. The van der Waals surface area contributed by atoms with Crippen LogP contribution in [0.25, 0.3) is 0 Å². The molecule has 2 aliphatic rings. The van der Waals surface area contributed by atoms with E-state index in [4.69, 9.17) is 4.74 Å². The molecule has 20 heavy (non-hydrogen) atoms. The van der Waals surface area contributed by atoms with Gasteiger partial charge >= 0.3 is 0 Å². The Labute approximate surface area is 115 Å². The number of hydrogen-bond donors (Lipinski definition) is 0. The number of rotatable bonds is 1. The van der Waals surface area contributed by atoms with Crippen molar-refractivity contribution in [3.8, 4) is 0 Å². The maximum absolute atomic E-state index is 13.5. The second-order valence-electron chi connectivity index (χ2n) is 5.17. The van der Waals surface area contributed by atoms with Crippen LogP contribution in [0.3, 0.4) is 0 Å². The molecule has 2 atom stereocenters. The fourth-order valence-electron chi connectivity index (χ4n) is 3.02. The second-order valence-corrected chi connectivity index (χ2v) is 5.17. The van der Waals surface area contributed by atoms with Gasteiger partial charge in [0.15, 0.2) is 0 Å². The van der Waals surface area contributed by atoms with E-state index in [0.29, 0.717) is 5.56 Å². The first-order valence-corrected chi connectivity index (χ1v) is 6.45. The van der Waals surface area contributed by atoms with Gasteiger partial charge in [0.05, 0.1) is 5.69 Å². The molecule has 1 fully saturated rings. The van der Waals surface area contributed by atoms with Crippen LogP contribution >= 0.6 is 0 Å². The van der Waals surface area contributed by atoms with Gasteiger partial charge in [0.1, 0.15) is 11.9 Å². The fraction of sp³-hybridized carbons (Fsp3) is 0.188. The molecule has 2 aromatic rings. The quantitative estimate of drug-likeness (QED) is 0.746. The predicted octanol–water partition coefficient (Wildman–Crippen LogP) is 2.77. The number of hydrogen-bond acceptors (Lipinski definition) is 2. The first-order chi connectivity index (χ1) is 9.64. The average Bonchev–Trinajstić information content (AvgIpc) is 3.19. The predicted molar refractivity (Wildman–Crippen MR) is 71.8 cm³/mol. The van der Waals surface area contributed by atoms with Crippen molar-refractivity contribution in [2.45, 2.75) is 11.7 Å². The number of amides is 1. The minimum absolute atomic E-state index is 0.132. The highest BCUT2D eigenvalue weighted by atomic mass is 19.1. The topological polar surface area (TPSA) is 32.8 Å². The number of fused-ring (bicyclic) bond motifs is 2. The van der Waals surface area contributed by atoms with Crippen LogP contribution in [0.1, 0.15) is 17.2 Å². The Hall–Kier alpha value is -2.20. The number of carbonyl (C=O) groups is 1. The van der Waals surface area contributed by atoms with E-state index in [9.17, 15) is 9.18 Å². The van der Waals surface area contributed by atoms with E-state index in [-0.39, 0.29) is 17.8 Å². The van der Waals surface area contributed by atoms with E-state index in [0.717, 1.165) is 11.3 Å². The van der Waals surface area contributed by atoms with Crippen molar-refractivity contribution in [3.05, 3.63) is 65.5 Å². The highest BCUT2D eigenvalue weighted by Gasteiger charge is 2.69. The summed E-state index contributed by atoms with van der Waals surface area (Å²) in [5, 5.41) is 0. The molecule has 100 valence electrons. The summed E-state index contributed by atoms with van der Waals surface area (Å²) in [6.45, 7) is 0. The number of benzene rings is 2. The molecule has 0 bridgehead atoms. The molecule has 2 heterocycles. The Morgan fingerprint density at radius 2 is 1.95 bits per heavy atom. The number of carbonyl (C=O) groups excluding carboxylic acids is 1. The number of nitrogens with zero attached hydrogens (tertiary/aromatic N) is 1. The molecule has 0 saturated carbocycles. The van der Waals surface area contributed by atoms with Crippen molar-refractivity contribution < 1.29 is 13.9 Å². The first-order valence-electron chi connectivity index (χ1n) is 6.45. The van der Waals surface area contributed by atoms with Gasteiger partial charge in [-0.25, -0.2) is 4.39 Å². The highest BCUT2D eigenvalue weighted by molar-refractivity contribution is 6.09. The van der Waals surface area contributed by atoms with Crippen molar-refractivity contribution in [2.24, 2.45) is 0 Å². The Balaban J connectivity index is 1.85. The number of ether oxygens (including phenoxy) is 1. The number of anilines is 1. The Morgan fingerprint density at radius 3 is 2.70 bits per heavy atom. The Bertz CT molecular complexity index is 716. The van der Waals surface area contributed by atoms with Gasteiger partial charge in [-0.2, -0.15) is 0 Å². The lowest BCUT2D eigenvalue weighted by Gasteiger charge is -2.08. The third kappa shape index (κ3) is 1.29. The summed E-state index contributed by atoms with van der Waals surface area (Å²) in [6.07, 6.45) is -0.332. The van der Waals surface area contributed by atoms with Crippen LogP contribution in [0.2, 0.25) is 0 Å². The molecule has 0 radical (unpaired) electrons. The van der Waals surface area contributed by atoms with Gasteiger partial charge in [0.25, 0.3) is 5.91 Å². The van der Waals surface area contributed by atoms with E-state index < -0.39 is 5.60 Å². The number of likely N-dealkylation sites (N-methyl/N-ethyl adjacent to an activating group) is 1. The monoisotopic (exact) mass is 269 g/mol.